The van der Waals surface area contributed by atoms with E-state index in [1.807, 2.05) is 18.7 Å². The summed E-state index contributed by atoms with van der Waals surface area (Å²) in [7, 11) is 0. The Kier molecular flexibility index (Phi) is 4.96. The van der Waals surface area contributed by atoms with E-state index in [-0.39, 0.29) is 16.6 Å². The Labute approximate surface area is 128 Å². The van der Waals surface area contributed by atoms with Crippen LogP contribution < -0.4 is 5.32 Å². The van der Waals surface area contributed by atoms with Crippen LogP contribution in [0.5, 0.6) is 0 Å². The summed E-state index contributed by atoms with van der Waals surface area (Å²) in [6, 6.07) is 0. The minimum absolute atomic E-state index is 0.132. The number of nitrogens with one attached hydrogen (secondary N) is 1. The molecule has 6 heteroatoms. The lowest BCUT2D eigenvalue weighted by atomic mass is 10.1. The predicted octanol–water partition coefficient (Wildman–Crippen LogP) is 3.29. The van der Waals surface area contributed by atoms with Gasteiger partial charge in [-0.1, -0.05) is 0 Å². The zero-order valence-electron chi connectivity index (χ0n) is 12.5. The highest BCUT2D eigenvalue weighted by atomic mass is 32.2. The number of hydrogen-bond donors (Lipinski definition) is 1. The number of nitrogens with zero attached hydrogens (tertiary/aromatic N) is 1. The maximum absolute atomic E-state index is 11.9. The van der Waals surface area contributed by atoms with E-state index in [2.05, 4.69) is 30.4 Å². The molecule has 0 aliphatic heterocycles. The van der Waals surface area contributed by atoms with Crippen molar-refractivity contribution in [3.8, 4) is 0 Å². The molecule has 1 aliphatic carbocycles. The van der Waals surface area contributed by atoms with Crippen molar-refractivity contribution in [3.63, 3.8) is 0 Å². The van der Waals surface area contributed by atoms with Gasteiger partial charge in [0, 0.05) is 16.2 Å². The highest BCUT2D eigenvalue weighted by Crippen LogP contribution is 2.39. The molecule has 1 unspecified atom stereocenters. The average Bonchev–Trinajstić information content (AvgIpc) is 2.96. The predicted molar refractivity (Wildman–Crippen MR) is 85.9 cm³/mol. The van der Waals surface area contributed by atoms with Crippen LogP contribution in [0.2, 0.25) is 0 Å². The summed E-state index contributed by atoms with van der Waals surface area (Å²) >= 11 is 3.50. The van der Waals surface area contributed by atoms with E-state index in [1.54, 1.807) is 11.3 Å². The molecule has 0 bridgehead atoms. The van der Waals surface area contributed by atoms with Crippen molar-refractivity contribution in [2.24, 2.45) is 0 Å². The minimum Gasteiger partial charge on any atom is -0.465 e. The Morgan fingerprint density at radius 3 is 3.00 bits per heavy atom. The van der Waals surface area contributed by atoms with Crippen LogP contribution >= 0.6 is 23.1 Å². The molecule has 0 saturated carbocycles. The van der Waals surface area contributed by atoms with Gasteiger partial charge in [0.05, 0.1) is 12.3 Å². The summed E-state index contributed by atoms with van der Waals surface area (Å²) in [6.45, 7) is 7.54. The van der Waals surface area contributed by atoms with Crippen molar-refractivity contribution in [1.29, 1.82) is 0 Å². The van der Waals surface area contributed by atoms with E-state index in [1.165, 1.54) is 4.88 Å². The molecule has 1 aliphatic rings. The van der Waals surface area contributed by atoms with Crippen molar-refractivity contribution >= 4 is 34.2 Å². The number of aryl methyl sites for hydroxylation is 1. The third-order valence-corrected chi connectivity index (χ3v) is 5.84. The number of rotatable bonds is 6. The Hall–Kier alpha value is -0.750. The quantitative estimate of drug-likeness (QED) is 0.817. The largest absolute Gasteiger partial charge is 0.465 e. The van der Waals surface area contributed by atoms with Crippen LogP contribution in [-0.2, 0) is 16.0 Å². The number of thiazole rings is 1. The van der Waals surface area contributed by atoms with E-state index in [9.17, 15) is 4.79 Å². The average molecular weight is 314 g/mol. The van der Waals surface area contributed by atoms with E-state index in [0.717, 1.165) is 30.2 Å². The van der Waals surface area contributed by atoms with Gasteiger partial charge < -0.3 is 10.1 Å². The number of fused-ring (bicyclic) bond motifs is 1. The first-order valence-electron chi connectivity index (χ1n) is 6.92. The molecular weight excluding hydrogens is 292 g/mol. The van der Waals surface area contributed by atoms with Gasteiger partial charge in [-0.05, 0) is 39.9 Å². The topological polar surface area (TPSA) is 51.2 Å². The molecule has 1 N–H and O–H groups in total. The van der Waals surface area contributed by atoms with Crippen LogP contribution in [0, 0.1) is 0 Å². The van der Waals surface area contributed by atoms with Gasteiger partial charge in [0.2, 0.25) is 0 Å². The number of carbonyl (C=O) groups is 1. The zero-order chi connectivity index (χ0) is 14.8. The van der Waals surface area contributed by atoms with E-state index in [4.69, 9.17) is 4.74 Å². The maximum atomic E-state index is 11.9. The smallest absolute Gasteiger partial charge is 0.315 e. The standard InChI is InChI=1S/C14H22N2O2S2/c1-5-18-12(17)9-6-7-10-11(9)16-13(20-10)15-8-14(2,3)19-4/h9H,5-8H2,1-4H3,(H,15,16). The summed E-state index contributed by atoms with van der Waals surface area (Å²) in [4.78, 5) is 17.7. The fraction of sp³-hybridized carbons (Fsp3) is 0.714. The molecule has 0 saturated heterocycles. The Bertz CT molecular complexity index is 486. The van der Waals surface area contributed by atoms with Gasteiger partial charge in [0.25, 0.3) is 0 Å². The van der Waals surface area contributed by atoms with Crippen LogP contribution in [0.25, 0.3) is 0 Å². The molecular formula is C14H22N2O2S2. The fourth-order valence-electron chi connectivity index (χ4n) is 2.14. The first kappa shape index (κ1) is 15.6. The number of ether oxygens (including phenoxy) is 1. The monoisotopic (exact) mass is 314 g/mol. The number of aromatic nitrogens is 1. The molecule has 1 aromatic heterocycles. The zero-order valence-corrected chi connectivity index (χ0v) is 14.1. The highest BCUT2D eigenvalue weighted by molar-refractivity contribution is 7.99. The minimum atomic E-state index is -0.162. The normalized spacial score (nSPS) is 17.9. The van der Waals surface area contributed by atoms with Crippen LogP contribution in [0.4, 0.5) is 5.13 Å². The fourth-order valence-corrected chi connectivity index (χ4v) is 3.39. The first-order valence-corrected chi connectivity index (χ1v) is 8.96. The van der Waals surface area contributed by atoms with Crippen molar-refractivity contribution in [2.45, 2.75) is 44.3 Å². The summed E-state index contributed by atoms with van der Waals surface area (Å²) in [5, 5.41) is 4.31. The molecule has 1 aromatic rings. The Balaban J connectivity index is 2.03. The molecule has 0 amide bonds. The third-order valence-electron chi connectivity index (χ3n) is 3.51. The van der Waals surface area contributed by atoms with Crippen LogP contribution in [0.1, 0.15) is 43.7 Å². The van der Waals surface area contributed by atoms with Crippen molar-refractivity contribution in [3.05, 3.63) is 10.6 Å². The molecule has 0 fully saturated rings. The molecule has 112 valence electrons. The number of esters is 1. The van der Waals surface area contributed by atoms with E-state index < -0.39 is 0 Å². The van der Waals surface area contributed by atoms with Gasteiger partial charge >= 0.3 is 5.97 Å². The molecule has 4 nitrogen and oxygen atoms in total. The van der Waals surface area contributed by atoms with Crippen LogP contribution in [0.3, 0.4) is 0 Å². The SMILES string of the molecule is CCOC(=O)C1CCc2sc(NCC(C)(C)SC)nc21. The summed E-state index contributed by atoms with van der Waals surface area (Å²) in [5.74, 6) is -0.294. The van der Waals surface area contributed by atoms with Crippen molar-refractivity contribution < 1.29 is 9.53 Å². The summed E-state index contributed by atoms with van der Waals surface area (Å²) < 4.78 is 5.30. The second kappa shape index (κ2) is 6.35. The molecule has 1 atom stereocenters. The molecule has 1 heterocycles. The second-order valence-electron chi connectivity index (χ2n) is 5.49. The van der Waals surface area contributed by atoms with Gasteiger partial charge in [0.15, 0.2) is 5.13 Å². The molecule has 20 heavy (non-hydrogen) atoms. The van der Waals surface area contributed by atoms with Gasteiger partial charge in [-0.25, -0.2) is 4.98 Å². The highest BCUT2D eigenvalue weighted by Gasteiger charge is 2.33. The van der Waals surface area contributed by atoms with Crippen molar-refractivity contribution in [1.82, 2.24) is 4.98 Å². The van der Waals surface area contributed by atoms with Crippen LogP contribution in [0.15, 0.2) is 0 Å². The van der Waals surface area contributed by atoms with Crippen molar-refractivity contribution in [2.75, 3.05) is 24.7 Å². The number of thioether (sulfide) groups is 1. The second-order valence-corrected chi connectivity index (χ2v) is 8.09. The molecule has 0 spiro atoms. The van der Waals surface area contributed by atoms with Gasteiger partial charge in [-0.15, -0.1) is 11.3 Å². The van der Waals surface area contributed by atoms with Gasteiger partial charge in [-0.3, -0.25) is 4.79 Å². The number of anilines is 1. The lowest BCUT2D eigenvalue weighted by Gasteiger charge is -2.21. The van der Waals surface area contributed by atoms with Gasteiger partial charge in [0.1, 0.15) is 5.92 Å². The summed E-state index contributed by atoms with van der Waals surface area (Å²) in [5.41, 5.74) is 0.929. The third kappa shape index (κ3) is 3.47. The molecule has 0 aromatic carbocycles. The molecule has 2 rings (SSSR count). The Morgan fingerprint density at radius 1 is 1.60 bits per heavy atom. The number of carbonyl (C=O) groups excluding carboxylic acids is 1. The van der Waals surface area contributed by atoms with E-state index >= 15 is 0 Å². The number of hydrogen-bond acceptors (Lipinski definition) is 6. The maximum Gasteiger partial charge on any atom is 0.315 e. The van der Waals surface area contributed by atoms with Gasteiger partial charge in [-0.2, -0.15) is 11.8 Å². The Morgan fingerprint density at radius 2 is 2.35 bits per heavy atom. The summed E-state index contributed by atoms with van der Waals surface area (Å²) in [6.07, 6.45) is 3.88. The first-order chi connectivity index (χ1) is 9.46. The van der Waals surface area contributed by atoms with Crippen LogP contribution in [-0.4, -0.2) is 35.1 Å². The molecule has 0 radical (unpaired) electrons. The van der Waals surface area contributed by atoms with E-state index in [0.29, 0.717) is 6.61 Å². The lowest BCUT2D eigenvalue weighted by molar-refractivity contribution is -0.145. The lowest BCUT2D eigenvalue weighted by Crippen LogP contribution is -2.25.